The second-order valence-electron chi connectivity index (χ2n) is 7.34. The maximum atomic E-state index is 14.1. The summed E-state index contributed by atoms with van der Waals surface area (Å²) in [7, 11) is 0. The minimum absolute atomic E-state index is 0.0152. The number of alkyl halides is 1. The van der Waals surface area contributed by atoms with Crippen molar-refractivity contribution in [3.63, 3.8) is 0 Å². The van der Waals surface area contributed by atoms with Crippen molar-refractivity contribution in [2.75, 3.05) is 11.4 Å². The first kappa shape index (κ1) is 17.5. The highest BCUT2D eigenvalue weighted by atomic mass is 19.1. The lowest BCUT2D eigenvalue weighted by atomic mass is 9.96. The van der Waals surface area contributed by atoms with E-state index in [-0.39, 0.29) is 24.4 Å². The zero-order chi connectivity index (χ0) is 18.4. The molecule has 4 nitrogen and oxygen atoms in total. The van der Waals surface area contributed by atoms with Gasteiger partial charge in [0.05, 0.1) is 12.6 Å². The lowest BCUT2D eigenvalue weighted by molar-refractivity contribution is 0.0749. The van der Waals surface area contributed by atoms with Crippen molar-refractivity contribution >= 4 is 11.7 Å². The normalized spacial score (nSPS) is 21.0. The van der Waals surface area contributed by atoms with Crippen LogP contribution >= 0.6 is 0 Å². The molecule has 1 aromatic heterocycles. The fourth-order valence-electron chi connectivity index (χ4n) is 3.03. The Morgan fingerprint density at radius 3 is 2.64 bits per heavy atom. The number of carbonyl (C=O) groups is 1. The molecule has 0 amide bonds. The third-order valence-electron chi connectivity index (χ3n) is 4.29. The van der Waals surface area contributed by atoms with Gasteiger partial charge in [-0.3, -0.25) is 4.79 Å². The van der Waals surface area contributed by atoms with Gasteiger partial charge in [-0.05, 0) is 18.2 Å². The van der Waals surface area contributed by atoms with Crippen LogP contribution in [-0.2, 0) is 0 Å². The van der Waals surface area contributed by atoms with E-state index in [0.29, 0.717) is 5.82 Å². The van der Waals surface area contributed by atoms with E-state index in [1.807, 2.05) is 0 Å². The average molecular weight is 351 g/mol. The maximum absolute atomic E-state index is 14.1. The number of aromatic nitrogens is 2. The third kappa shape index (κ3) is 3.41. The standard InChI is InChI=1S/C18H20F3N3O/c1-18(2,3)17(25)24-7-6-16(22-24)23-10-12(20)9-15(23)13-8-11(19)4-5-14(13)21/h4-8,12,15H,9-10H2,1-3H3/t12-,15-/m0/s1. The molecule has 2 heterocycles. The molecule has 1 aromatic carbocycles. The molecule has 134 valence electrons. The van der Waals surface area contributed by atoms with Crippen LogP contribution in [0, 0.1) is 17.0 Å². The van der Waals surface area contributed by atoms with Crippen LogP contribution in [0.4, 0.5) is 19.0 Å². The van der Waals surface area contributed by atoms with Crippen molar-refractivity contribution in [2.45, 2.75) is 39.4 Å². The van der Waals surface area contributed by atoms with Crippen molar-refractivity contribution in [2.24, 2.45) is 5.41 Å². The van der Waals surface area contributed by atoms with Crippen molar-refractivity contribution in [1.29, 1.82) is 0 Å². The van der Waals surface area contributed by atoms with Gasteiger partial charge in [-0.15, -0.1) is 5.10 Å². The van der Waals surface area contributed by atoms with E-state index in [4.69, 9.17) is 0 Å². The molecule has 0 saturated carbocycles. The van der Waals surface area contributed by atoms with Gasteiger partial charge in [-0.1, -0.05) is 20.8 Å². The Morgan fingerprint density at radius 2 is 1.96 bits per heavy atom. The van der Waals surface area contributed by atoms with Gasteiger partial charge in [-0.2, -0.15) is 0 Å². The van der Waals surface area contributed by atoms with Crippen LogP contribution in [0.1, 0.15) is 43.6 Å². The zero-order valence-corrected chi connectivity index (χ0v) is 14.3. The first-order valence-electron chi connectivity index (χ1n) is 8.13. The highest BCUT2D eigenvalue weighted by Crippen LogP contribution is 2.38. The van der Waals surface area contributed by atoms with E-state index in [0.717, 1.165) is 18.2 Å². The maximum Gasteiger partial charge on any atom is 0.252 e. The van der Waals surface area contributed by atoms with Crippen LogP contribution in [0.2, 0.25) is 0 Å². The predicted molar refractivity (Wildman–Crippen MR) is 88.3 cm³/mol. The highest BCUT2D eigenvalue weighted by molar-refractivity contribution is 5.83. The summed E-state index contributed by atoms with van der Waals surface area (Å²) in [6.07, 6.45) is 0.365. The summed E-state index contributed by atoms with van der Waals surface area (Å²) < 4.78 is 42.9. The molecule has 1 saturated heterocycles. The zero-order valence-electron chi connectivity index (χ0n) is 14.3. The van der Waals surface area contributed by atoms with E-state index in [1.54, 1.807) is 31.7 Å². The summed E-state index contributed by atoms with van der Waals surface area (Å²) in [5.74, 6) is -1.00. The summed E-state index contributed by atoms with van der Waals surface area (Å²) in [4.78, 5) is 13.9. The Balaban J connectivity index is 1.94. The number of halogens is 3. The molecule has 1 aliphatic heterocycles. The Kier molecular flexibility index (Phi) is 4.34. The summed E-state index contributed by atoms with van der Waals surface area (Å²) in [6.45, 7) is 5.33. The molecule has 1 aliphatic rings. The lowest BCUT2D eigenvalue weighted by Crippen LogP contribution is -2.28. The van der Waals surface area contributed by atoms with Crippen LogP contribution in [0.15, 0.2) is 30.5 Å². The fraction of sp³-hybridized carbons (Fsp3) is 0.444. The predicted octanol–water partition coefficient (Wildman–Crippen LogP) is 4.14. The number of hydrogen-bond acceptors (Lipinski definition) is 3. The van der Waals surface area contributed by atoms with Crippen LogP contribution in [0.25, 0.3) is 0 Å². The van der Waals surface area contributed by atoms with E-state index < -0.39 is 29.3 Å². The first-order valence-corrected chi connectivity index (χ1v) is 8.13. The number of anilines is 1. The molecule has 0 aliphatic carbocycles. The smallest absolute Gasteiger partial charge is 0.252 e. The molecule has 0 unspecified atom stereocenters. The average Bonchev–Trinajstić information content (AvgIpc) is 3.14. The molecule has 1 fully saturated rings. The second kappa shape index (κ2) is 6.20. The molecule has 0 N–H and O–H groups in total. The topological polar surface area (TPSA) is 38.1 Å². The van der Waals surface area contributed by atoms with Crippen LogP contribution < -0.4 is 4.90 Å². The molecule has 0 spiro atoms. The van der Waals surface area contributed by atoms with Crippen molar-refractivity contribution < 1.29 is 18.0 Å². The van der Waals surface area contributed by atoms with Crippen LogP contribution in [-0.4, -0.2) is 28.4 Å². The molecule has 3 rings (SSSR count). The van der Waals surface area contributed by atoms with E-state index >= 15 is 0 Å². The highest BCUT2D eigenvalue weighted by Gasteiger charge is 2.36. The van der Waals surface area contributed by atoms with Gasteiger partial charge in [0.25, 0.3) is 5.91 Å². The largest absolute Gasteiger partial charge is 0.345 e. The third-order valence-corrected chi connectivity index (χ3v) is 4.29. The molecular weight excluding hydrogens is 331 g/mol. The molecule has 2 aromatic rings. The monoisotopic (exact) mass is 351 g/mol. The van der Waals surface area contributed by atoms with Gasteiger partial charge in [-0.25, -0.2) is 17.9 Å². The van der Waals surface area contributed by atoms with Gasteiger partial charge in [0.2, 0.25) is 0 Å². The molecule has 25 heavy (non-hydrogen) atoms. The Bertz CT molecular complexity index is 797. The number of hydrogen-bond donors (Lipinski definition) is 0. The number of carbonyl (C=O) groups excluding carboxylic acids is 1. The number of nitrogens with zero attached hydrogens (tertiary/aromatic N) is 3. The van der Waals surface area contributed by atoms with Crippen LogP contribution in [0.5, 0.6) is 0 Å². The van der Waals surface area contributed by atoms with Gasteiger partial charge >= 0.3 is 0 Å². The van der Waals surface area contributed by atoms with E-state index in [1.165, 1.54) is 10.9 Å². The quantitative estimate of drug-likeness (QED) is 0.816. The molecule has 7 heteroatoms. The van der Waals surface area contributed by atoms with Crippen molar-refractivity contribution in [3.8, 4) is 0 Å². The van der Waals surface area contributed by atoms with E-state index in [2.05, 4.69) is 5.10 Å². The Labute approximate surface area is 144 Å². The lowest BCUT2D eigenvalue weighted by Gasteiger charge is -2.25. The Morgan fingerprint density at radius 1 is 1.24 bits per heavy atom. The summed E-state index contributed by atoms with van der Waals surface area (Å²) in [5.41, 5.74) is -0.526. The van der Waals surface area contributed by atoms with E-state index in [9.17, 15) is 18.0 Å². The fourth-order valence-corrected chi connectivity index (χ4v) is 3.03. The van der Waals surface area contributed by atoms with Gasteiger partial charge in [0.1, 0.15) is 17.8 Å². The minimum atomic E-state index is -1.18. The minimum Gasteiger partial charge on any atom is -0.345 e. The van der Waals surface area contributed by atoms with Crippen molar-refractivity contribution in [1.82, 2.24) is 9.78 Å². The molecule has 0 bridgehead atoms. The molecular formula is C18H20F3N3O. The molecule has 0 radical (unpaired) electrons. The van der Waals surface area contributed by atoms with Gasteiger partial charge in [0.15, 0.2) is 5.82 Å². The second-order valence-corrected chi connectivity index (χ2v) is 7.34. The van der Waals surface area contributed by atoms with Crippen molar-refractivity contribution in [3.05, 3.63) is 47.7 Å². The first-order chi connectivity index (χ1) is 11.7. The molecule has 2 atom stereocenters. The van der Waals surface area contributed by atoms with Crippen LogP contribution in [0.3, 0.4) is 0 Å². The summed E-state index contributed by atoms with van der Waals surface area (Å²) in [5, 5.41) is 4.23. The Hall–Kier alpha value is -2.31. The summed E-state index contributed by atoms with van der Waals surface area (Å²) in [6, 6.07) is 4.07. The number of rotatable bonds is 2. The number of benzene rings is 1. The SMILES string of the molecule is CC(C)(C)C(=O)n1ccc(N2C[C@@H](F)C[C@H]2c2cc(F)ccc2F)n1. The van der Waals surface area contributed by atoms with Gasteiger partial charge < -0.3 is 4.90 Å². The van der Waals surface area contributed by atoms with Gasteiger partial charge in [0, 0.05) is 29.7 Å². The summed E-state index contributed by atoms with van der Waals surface area (Å²) >= 11 is 0.